The number of ether oxygens (including phenoxy) is 1. The molecule has 0 aliphatic heterocycles. The summed E-state index contributed by atoms with van der Waals surface area (Å²) in [6, 6.07) is 4.97. The lowest BCUT2D eigenvalue weighted by Gasteiger charge is -2.06. The maximum Gasteiger partial charge on any atom is 0.302 e. The summed E-state index contributed by atoms with van der Waals surface area (Å²) in [4.78, 5) is 21.6. The summed E-state index contributed by atoms with van der Waals surface area (Å²) in [5.41, 5.74) is 1.40. The molecular formula is C19H25NO4. The second kappa shape index (κ2) is 11.2. The number of nitro benzene ring substituents is 1. The van der Waals surface area contributed by atoms with Crippen LogP contribution in [-0.2, 0) is 16.0 Å². The van der Waals surface area contributed by atoms with Gasteiger partial charge in [-0.2, -0.15) is 0 Å². The maximum atomic E-state index is 11.2. The van der Waals surface area contributed by atoms with Crippen molar-refractivity contribution in [3.8, 4) is 11.8 Å². The highest BCUT2D eigenvalue weighted by Crippen LogP contribution is 2.23. The van der Waals surface area contributed by atoms with Gasteiger partial charge in [-0.15, -0.1) is 0 Å². The molecule has 0 unspecified atom stereocenters. The van der Waals surface area contributed by atoms with E-state index in [0.717, 1.165) is 19.3 Å². The Hall–Kier alpha value is -2.35. The van der Waals surface area contributed by atoms with Crippen molar-refractivity contribution in [2.24, 2.45) is 0 Å². The van der Waals surface area contributed by atoms with E-state index in [-0.39, 0.29) is 23.2 Å². The SMILES string of the molecule is CCCCCCC#Cc1cccc([N+](=O)[O-])c1CCCOC(C)=O. The Kier molecular flexibility index (Phi) is 9.21. The Morgan fingerprint density at radius 2 is 2.04 bits per heavy atom. The van der Waals surface area contributed by atoms with E-state index in [0.29, 0.717) is 24.0 Å². The normalized spacial score (nSPS) is 9.92. The number of hydrogen-bond donors (Lipinski definition) is 0. The van der Waals surface area contributed by atoms with Crippen molar-refractivity contribution in [3.63, 3.8) is 0 Å². The molecule has 0 atom stereocenters. The number of unbranched alkanes of at least 4 members (excludes halogenated alkanes) is 4. The van der Waals surface area contributed by atoms with Crippen LogP contribution >= 0.6 is 0 Å². The van der Waals surface area contributed by atoms with Crippen LogP contribution in [0.2, 0.25) is 0 Å². The average Bonchev–Trinajstić information content (AvgIpc) is 2.55. The molecule has 0 bridgehead atoms. The van der Waals surface area contributed by atoms with E-state index in [1.807, 2.05) is 6.07 Å². The minimum Gasteiger partial charge on any atom is -0.466 e. The highest BCUT2D eigenvalue weighted by atomic mass is 16.6. The predicted octanol–water partition coefficient (Wildman–Crippen LogP) is 4.41. The molecule has 0 aliphatic rings. The number of nitrogens with zero attached hydrogens (tertiary/aromatic N) is 1. The number of nitro groups is 1. The number of carbonyl (C=O) groups is 1. The lowest BCUT2D eigenvalue weighted by Crippen LogP contribution is -2.04. The predicted molar refractivity (Wildman–Crippen MR) is 93.7 cm³/mol. The molecule has 0 spiro atoms. The number of carbonyl (C=O) groups excluding carboxylic acids is 1. The molecule has 0 amide bonds. The summed E-state index contributed by atoms with van der Waals surface area (Å²) in [6.07, 6.45) is 6.41. The summed E-state index contributed by atoms with van der Waals surface area (Å²) in [5, 5.41) is 11.2. The van der Waals surface area contributed by atoms with E-state index in [1.165, 1.54) is 25.8 Å². The molecule has 0 aliphatic carbocycles. The molecule has 0 saturated carbocycles. The van der Waals surface area contributed by atoms with Gasteiger partial charge in [-0.3, -0.25) is 14.9 Å². The van der Waals surface area contributed by atoms with E-state index in [2.05, 4.69) is 18.8 Å². The molecule has 130 valence electrons. The summed E-state index contributed by atoms with van der Waals surface area (Å²) in [5.74, 6) is 5.85. The first-order valence-corrected chi connectivity index (χ1v) is 8.44. The highest BCUT2D eigenvalue weighted by molar-refractivity contribution is 5.65. The lowest BCUT2D eigenvalue weighted by atomic mass is 10.0. The monoisotopic (exact) mass is 331 g/mol. The molecule has 0 saturated heterocycles. The van der Waals surface area contributed by atoms with Crippen LogP contribution in [0, 0.1) is 22.0 Å². The highest BCUT2D eigenvalue weighted by Gasteiger charge is 2.16. The minimum atomic E-state index is -0.381. The van der Waals surface area contributed by atoms with Crippen molar-refractivity contribution in [2.75, 3.05) is 6.61 Å². The smallest absolute Gasteiger partial charge is 0.302 e. The second-order valence-electron chi connectivity index (χ2n) is 5.62. The first-order valence-electron chi connectivity index (χ1n) is 8.44. The van der Waals surface area contributed by atoms with Crippen molar-refractivity contribution in [1.82, 2.24) is 0 Å². The minimum absolute atomic E-state index is 0.0793. The van der Waals surface area contributed by atoms with Gasteiger partial charge in [0.05, 0.1) is 11.5 Å². The summed E-state index contributed by atoms with van der Waals surface area (Å²) in [6.45, 7) is 3.77. The van der Waals surface area contributed by atoms with Crippen LogP contribution in [0.1, 0.15) is 63.5 Å². The van der Waals surface area contributed by atoms with E-state index in [4.69, 9.17) is 4.74 Å². The molecule has 0 aromatic heterocycles. The number of rotatable bonds is 9. The van der Waals surface area contributed by atoms with Crippen LogP contribution in [0.25, 0.3) is 0 Å². The third-order valence-electron chi connectivity index (χ3n) is 3.60. The van der Waals surface area contributed by atoms with Crippen LogP contribution in [0.15, 0.2) is 18.2 Å². The topological polar surface area (TPSA) is 69.4 Å². The van der Waals surface area contributed by atoms with Gasteiger partial charge >= 0.3 is 5.97 Å². The molecule has 0 radical (unpaired) electrons. The Labute approximate surface area is 143 Å². The van der Waals surface area contributed by atoms with Gasteiger partial charge in [0, 0.05) is 30.5 Å². The molecular weight excluding hydrogens is 306 g/mol. The van der Waals surface area contributed by atoms with Crippen molar-refractivity contribution < 1.29 is 14.5 Å². The largest absolute Gasteiger partial charge is 0.466 e. The van der Waals surface area contributed by atoms with Gasteiger partial charge in [-0.05, 0) is 25.3 Å². The van der Waals surface area contributed by atoms with Crippen molar-refractivity contribution >= 4 is 11.7 Å². The van der Waals surface area contributed by atoms with E-state index in [1.54, 1.807) is 6.07 Å². The number of esters is 1. The fourth-order valence-electron chi connectivity index (χ4n) is 2.39. The van der Waals surface area contributed by atoms with E-state index < -0.39 is 0 Å². The van der Waals surface area contributed by atoms with Crippen LogP contribution in [0.5, 0.6) is 0 Å². The molecule has 5 heteroatoms. The molecule has 5 nitrogen and oxygen atoms in total. The van der Waals surface area contributed by atoms with Gasteiger partial charge in [-0.25, -0.2) is 0 Å². The fourth-order valence-corrected chi connectivity index (χ4v) is 2.39. The van der Waals surface area contributed by atoms with Crippen molar-refractivity contribution in [1.29, 1.82) is 0 Å². The molecule has 0 heterocycles. The maximum absolute atomic E-state index is 11.2. The summed E-state index contributed by atoms with van der Waals surface area (Å²) >= 11 is 0. The zero-order chi connectivity index (χ0) is 17.8. The summed E-state index contributed by atoms with van der Waals surface area (Å²) < 4.78 is 4.90. The van der Waals surface area contributed by atoms with Crippen molar-refractivity contribution in [2.45, 2.75) is 58.8 Å². The second-order valence-corrected chi connectivity index (χ2v) is 5.62. The van der Waals surface area contributed by atoms with Gasteiger partial charge in [0.15, 0.2) is 0 Å². The fraction of sp³-hybridized carbons (Fsp3) is 0.526. The van der Waals surface area contributed by atoms with Crippen LogP contribution in [-0.4, -0.2) is 17.5 Å². The zero-order valence-corrected chi connectivity index (χ0v) is 14.5. The average molecular weight is 331 g/mol. The molecule has 1 aromatic carbocycles. The number of hydrogen-bond acceptors (Lipinski definition) is 4. The van der Waals surface area contributed by atoms with Gasteiger partial charge in [-0.1, -0.05) is 44.1 Å². The Bertz CT molecular complexity index is 614. The van der Waals surface area contributed by atoms with Gasteiger partial charge in [0.2, 0.25) is 0 Å². The molecule has 0 N–H and O–H groups in total. The van der Waals surface area contributed by atoms with Crippen LogP contribution in [0.4, 0.5) is 5.69 Å². The zero-order valence-electron chi connectivity index (χ0n) is 14.5. The van der Waals surface area contributed by atoms with Crippen LogP contribution < -0.4 is 0 Å². The third-order valence-corrected chi connectivity index (χ3v) is 3.60. The molecule has 1 rings (SSSR count). The molecule has 1 aromatic rings. The standard InChI is InChI=1S/C19H25NO4/c1-3-4-5-6-7-8-11-17-12-9-14-19(20(22)23)18(17)13-10-15-24-16(2)21/h9,12,14H,3-7,10,13,15H2,1-2H3. The molecule has 24 heavy (non-hydrogen) atoms. The first-order chi connectivity index (χ1) is 11.6. The summed E-state index contributed by atoms with van der Waals surface area (Å²) in [7, 11) is 0. The third kappa shape index (κ3) is 7.28. The Morgan fingerprint density at radius 1 is 1.25 bits per heavy atom. The Balaban J connectivity index is 2.78. The van der Waals surface area contributed by atoms with Gasteiger partial charge in [0.25, 0.3) is 5.69 Å². The van der Waals surface area contributed by atoms with Gasteiger partial charge < -0.3 is 4.74 Å². The first kappa shape index (κ1) is 19.7. The molecule has 0 fully saturated rings. The lowest BCUT2D eigenvalue weighted by molar-refractivity contribution is -0.385. The Morgan fingerprint density at radius 3 is 2.71 bits per heavy atom. The van der Waals surface area contributed by atoms with Gasteiger partial charge in [0.1, 0.15) is 0 Å². The van der Waals surface area contributed by atoms with E-state index in [9.17, 15) is 14.9 Å². The van der Waals surface area contributed by atoms with E-state index >= 15 is 0 Å². The number of benzene rings is 1. The van der Waals surface area contributed by atoms with Crippen molar-refractivity contribution in [3.05, 3.63) is 39.4 Å². The quantitative estimate of drug-likeness (QED) is 0.221. The van der Waals surface area contributed by atoms with Crippen LogP contribution in [0.3, 0.4) is 0 Å².